The van der Waals surface area contributed by atoms with Crippen LogP contribution in [0.4, 0.5) is 5.69 Å². The Bertz CT molecular complexity index is 585. The van der Waals surface area contributed by atoms with Crippen LogP contribution in [0.5, 0.6) is 0 Å². The fourth-order valence-electron chi connectivity index (χ4n) is 1.65. The van der Waals surface area contributed by atoms with Gasteiger partial charge in [0.2, 0.25) is 0 Å². The Kier molecular flexibility index (Phi) is 4.16. The van der Waals surface area contributed by atoms with Crippen LogP contribution in [0.1, 0.15) is 6.92 Å². The lowest BCUT2D eigenvalue weighted by molar-refractivity contribution is -0.384. The summed E-state index contributed by atoms with van der Waals surface area (Å²) in [5, 5.41) is 15.0. The van der Waals surface area contributed by atoms with E-state index >= 15 is 0 Å². The van der Waals surface area contributed by atoms with Gasteiger partial charge < -0.3 is 0 Å². The number of hydrogen-bond acceptors (Lipinski definition) is 5. The molecule has 0 bridgehead atoms. The number of benzene rings is 1. The molecule has 0 spiro atoms. The van der Waals surface area contributed by atoms with Gasteiger partial charge in [-0.2, -0.15) is 17.7 Å². The molecule has 6 nitrogen and oxygen atoms in total. The molecule has 2 rings (SSSR count). The Morgan fingerprint density at radius 3 is 3.00 bits per heavy atom. The lowest BCUT2D eigenvalue weighted by Gasteiger charge is -2.06. The van der Waals surface area contributed by atoms with E-state index in [1.54, 1.807) is 23.1 Å². The number of nitro groups is 1. The Hall–Kier alpha value is -1.89. The summed E-state index contributed by atoms with van der Waals surface area (Å²) in [6.07, 6.45) is 1.63. The molecular formula is C12H14N4O2S. The lowest BCUT2D eigenvalue weighted by atomic mass is 10.2. The number of rotatable bonds is 5. The highest BCUT2D eigenvalue weighted by atomic mass is 32.1. The molecule has 0 amide bonds. The van der Waals surface area contributed by atoms with Gasteiger partial charge in [0.25, 0.3) is 5.69 Å². The van der Waals surface area contributed by atoms with Gasteiger partial charge in [-0.05, 0) is 11.7 Å². The lowest BCUT2D eigenvalue weighted by Crippen LogP contribution is -2.09. The van der Waals surface area contributed by atoms with Crippen molar-refractivity contribution < 1.29 is 4.92 Å². The van der Waals surface area contributed by atoms with Crippen LogP contribution >= 0.6 is 12.6 Å². The summed E-state index contributed by atoms with van der Waals surface area (Å²) >= 11 is 4.22. The van der Waals surface area contributed by atoms with Crippen LogP contribution in [0, 0.1) is 16.0 Å². The van der Waals surface area contributed by atoms with E-state index in [1.807, 2.05) is 0 Å². The molecule has 0 radical (unpaired) electrons. The molecule has 1 aromatic heterocycles. The first-order chi connectivity index (χ1) is 9.10. The van der Waals surface area contributed by atoms with E-state index in [2.05, 4.69) is 29.6 Å². The minimum Gasteiger partial charge on any atom is -0.258 e. The van der Waals surface area contributed by atoms with Crippen LogP contribution < -0.4 is 0 Å². The van der Waals surface area contributed by atoms with Crippen molar-refractivity contribution >= 4 is 18.3 Å². The molecule has 1 unspecified atom stereocenters. The molecule has 100 valence electrons. The monoisotopic (exact) mass is 278 g/mol. The molecule has 0 saturated carbocycles. The number of aromatic nitrogens is 3. The van der Waals surface area contributed by atoms with Crippen LogP contribution in [-0.4, -0.2) is 25.4 Å². The molecule has 0 aliphatic heterocycles. The SMILES string of the molecule is CC(CS)Cn1cnc(-c2cccc([N+](=O)[O-])c2)n1. The fourth-order valence-corrected chi connectivity index (χ4v) is 1.77. The van der Waals surface area contributed by atoms with Gasteiger partial charge in [-0.1, -0.05) is 19.1 Å². The third-order valence-corrected chi connectivity index (χ3v) is 3.29. The molecule has 0 fully saturated rings. The number of nitro benzene ring substituents is 1. The molecule has 2 aromatic rings. The average Bonchev–Trinajstić information content (AvgIpc) is 2.87. The summed E-state index contributed by atoms with van der Waals surface area (Å²) < 4.78 is 1.73. The average molecular weight is 278 g/mol. The number of thiol groups is 1. The summed E-state index contributed by atoms with van der Waals surface area (Å²) in [5.74, 6) is 1.66. The zero-order valence-electron chi connectivity index (χ0n) is 10.4. The van der Waals surface area contributed by atoms with E-state index in [-0.39, 0.29) is 5.69 Å². The summed E-state index contributed by atoms with van der Waals surface area (Å²) in [4.78, 5) is 14.5. The normalized spacial score (nSPS) is 12.3. The molecule has 0 aliphatic carbocycles. The molecule has 0 aliphatic rings. The Labute approximate surface area is 116 Å². The molecule has 7 heteroatoms. The predicted molar refractivity (Wildman–Crippen MR) is 75.1 cm³/mol. The molecule has 1 heterocycles. The van der Waals surface area contributed by atoms with Gasteiger partial charge in [-0.25, -0.2) is 4.98 Å². The molecule has 0 N–H and O–H groups in total. The highest BCUT2D eigenvalue weighted by Gasteiger charge is 2.11. The van der Waals surface area contributed by atoms with Gasteiger partial charge >= 0.3 is 0 Å². The first-order valence-corrected chi connectivity index (χ1v) is 6.48. The second-order valence-corrected chi connectivity index (χ2v) is 4.75. The van der Waals surface area contributed by atoms with Gasteiger partial charge in [-0.15, -0.1) is 0 Å². The molecule has 0 saturated heterocycles. The van der Waals surface area contributed by atoms with E-state index in [9.17, 15) is 10.1 Å². The summed E-state index contributed by atoms with van der Waals surface area (Å²) in [5.41, 5.74) is 0.684. The van der Waals surface area contributed by atoms with Crippen molar-refractivity contribution in [2.75, 3.05) is 5.75 Å². The fraction of sp³-hybridized carbons (Fsp3) is 0.333. The molecule has 19 heavy (non-hydrogen) atoms. The third kappa shape index (κ3) is 3.31. The highest BCUT2D eigenvalue weighted by molar-refractivity contribution is 7.80. The maximum absolute atomic E-state index is 10.7. The number of nitrogens with zero attached hydrogens (tertiary/aromatic N) is 4. The standard InChI is InChI=1S/C12H14N4O2S/c1-9(7-19)6-15-8-13-12(14-15)10-3-2-4-11(5-10)16(17)18/h2-5,8-9,19H,6-7H2,1H3. The van der Waals surface area contributed by atoms with Gasteiger partial charge in [0, 0.05) is 24.2 Å². The Morgan fingerprint density at radius 1 is 1.53 bits per heavy atom. The van der Waals surface area contributed by atoms with Crippen molar-refractivity contribution in [2.45, 2.75) is 13.5 Å². The molecule has 1 atom stereocenters. The van der Waals surface area contributed by atoms with Crippen molar-refractivity contribution in [3.8, 4) is 11.4 Å². The van der Waals surface area contributed by atoms with Crippen molar-refractivity contribution in [3.63, 3.8) is 0 Å². The van der Waals surface area contributed by atoms with Crippen molar-refractivity contribution in [1.82, 2.24) is 14.8 Å². The van der Waals surface area contributed by atoms with E-state index in [1.165, 1.54) is 12.1 Å². The second kappa shape index (κ2) is 5.83. The van der Waals surface area contributed by atoms with Gasteiger partial charge in [-0.3, -0.25) is 14.8 Å². The van der Waals surface area contributed by atoms with Gasteiger partial charge in [0.15, 0.2) is 5.82 Å². The Balaban J connectivity index is 2.22. The van der Waals surface area contributed by atoms with Crippen LogP contribution in [0.2, 0.25) is 0 Å². The third-order valence-electron chi connectivity index (χ3n) is 2.66. The predicted octanol–water partition coefficient (Wildman–Crippen LogP) is 2.42. The first-order valence-electron chi connectivity index (χ1n) is 5.85. The van der Waals surface area contributed by atoms with E-state index < -0.39 is 4.92 Å². The van der Waals surface area contributed by atoms with Crippen molar-refractivity contribution in [1.29, 1.82) is 0 Å². The Morgan fingerprint density at radius 2 is 2.32 bits per heavy atom. The molecule has 1 aromatic carbocycles. The summed E-state index contributed by atoms with van der Waals surface area (Å²) in [6, 6.07) is 6.31. The first kappa shape index (κ1) is 13.5. The van der Waals surface area contributed by atoms with E-state index in [0.717, 1.165) is 12.3 Å². The maximum Gasteiger partial charge on any atom is 0.270 e. The molecular weight excluding hydrogens is 264 g/mol. The summed E-state index contributed by atoms with van der Waals surface area (Å²) in [7, 11) is 0. The highest BCUT2D eigenvalue weighted by Crippen LogP contribution is 2.20. The minimum atomic E-state index is -0.427. The smallest absolute Gasteiger partial charge is 0.258 e. The van der Waals surface area contributed by atoms with Crippen molar-refractivity contribution in [2.24, 2.45) is 5.92 Å². The van der Waals surface area contributed by atoms with Crippen molar-refractivity contribution in [3.05, 3.63) is 40.7 Å². The minimum absolute atomic E-state index is 0.0394. The largest absolute Gasteiger partial charge is 0.270 e. The zero-order valence-corrected chi connectivity index (χ0v) is 11.3. The quantitative estimate of drug-likeness (QED) is 0.518. The number of hydrogen-bond donors (Lipinski definition) is 1. The topological polar surface area (TPSA) is 73.8 Å². The van der Waals surface area contributed by atoms with Crippen LogP contribution in [0.15, 0.2) is 30.6 Å². The van der Waals surface area contributed by atoms with Gasteiger partial charge in [0.1, 0.15) is 6.33 Å². The van der Waals surface area contributed by atoms with Crippen LogP contribution in [0.3, 0.4) is 0 Å². The van der Waals surface area contributed by atoms with Crippen LogP contribution in [-0.2, 0) is 6.54 Å². The number of non-ortho nitro benzene ring substituents is 1. The van der Waals surface area contributed by atoms with Gasteiger partial charge in [0.05, 0.1) is 4.92 Å². The zero-order chi connectivity index (χ0) is 13.8. The van der Waals surface area contributed by atoms with E-state index in [4.69, 9.17) is 0 Å². The summed E-state index contributed by atoms with van der Waals surface area (Å²) in [6.45, 7) is 2.80. The maximum atomic E-state index is 10.7. The second-order valence-electron chi connectivity index (χ2n) is 4.39. The van der Waals surface area contributed by atoms with E-state index in [0.29, 0.717) is 17.3 Å². The van der Waals surface area contributed by atoms with Crippen LogP contribution in [0.25, 0.3) is 11.4 Å².